The lowest BCUT2D eigenvalue weighted by Gasteiger charge is -2.02. The Bertz CT molecular complexity index is 934. The summed E-state index contributed by atoms with van der Waals surface area (Å²) in [4.78, 5) is 29.3. The van der Waals surface area contributed by atoms with E-state index in [9.17, 15) is 14.0 Å². The van der Waals surface area contributed by atoms with Crippen molar-refractivity contribution >= 4 is 17.6 Å². The lowest BCUT2D eigenvalue weighted by molar-refractivity contribution is 0.0438. The summed E-state index contributed by atoms with van der Waals surface area (Å²) in [6.45, 7) is -0.198. The van der Waals surface area contributed by atoms with E-state index >= 15 is 0 Å². The molecule has 0 aliphatic rings. The molecule has 0 aliphatic carbocycles. The van der Waals surface area contributed by atoms with Crippen LogP contribution in [0.25, 0.3) is 11.3 Å². The van der Waals surface area contributed by atoms with Crippen LogP contribution in [-0.2, 0) is 11.3 Å². The molecule has 0 unspecified atom stereocenters. The Morgan fingerprint density at radius 3 is 2.79 bits per heavy atom. The van der Waals surface area contributed by atoms with Gasteiger partial charge in [-0.1, -0.05) is 11.6 Å². The first-order valence-electron chi connectivity index (χ1n) is 6.79. The van der Waals surface area contributed by atoms with Crippen LogP contribution in [0.2, 0.25) is 5.02 Å². The van der Waals surface area contributed by atoms with E-state index in [2.05, 4.69) is 9.97 Å². The van der Waals surface area contributed by atoms with Crippen LogP contribution in [0, 0.1) is 5.82 Å². The highest BCUT2D eigenvalue weighted by atomic mass is 35.5. The molecule has 0 spiro atoms. The average Bonchev–Trinajstić information content (AvgIpc) is 3.05. The topological polar surface area (TPSA) is 85.2 Å². The summed E-state index contributed by atoms with van der Waals surface area (Å²) in [6.07, 6.45) is 2.66. The van der Waals surface area contributed by atoms with E-state index in [0.717, 1.165) is 0 Å². The summed E-state index contributed by atoms with van der Waals surface area (Å²) >= 11 is 5.65. The molecule has 0 aliphatic heterocycles. The number of nitrogens with one attached hydrogen (secondary N) is 1. The summed E-state index contributed by atoms with van der Waals surface area (Å²) in [7, 11) is 0. The molecule has 122 valence electrons. The molecule has 2 heterocycles. The Morgan fingerprint density at radius 2 is 2.08 bits per heavy atom. The SMILES string of the molecule is O=C(OCc1ncc(-c2ccc(F)cc2)o1)c1c[nH]c(=O)c(Cl)c1. The summed E-state index contributed by atoms with van der Waals surface area (Å²) in [5, 5.41) is -0.112. The standard InChI is InChI=1S/C16H10ClFN2O4/c17-12-5-10(6-20-15(12)21)16(22)23-8-14-19-7-13(24-14)9-1-3-11(18)4-2-9/h1-7H,8H2,(H,20,21). The van der Waals surface area contributed by atoms with E-state index in [1.165, 1.54) is 30.6 Å². The van der Waals surface area contributed by atoms with Crippen LogP contribution in [0.5, 0.6) is 0 Å². The molecule has 0 fully saturated rings. The van der Waals surface area contributed by atoms with Gasteiger partial charge in [-0.2, -0.15) is 0 Å². The van der Waals surface area contributed by atoms with Gasteiger partial charge < -0.3 is 14.1 Å². The maximum Gasteiger partial charge on any atom is 0.340 e. The van der Waals surface area contributed by atoms with Gasteiger partial charge in [-0.3, -0.25) is 4.79 Å². The second kappa shape index (κ2) is 6.67. The summed E-state index contributed by atoms with van der Waals surface area (Å²) in [5.41, 5.74) is 0.253. The number of aromatic nitrogens is 2. The highest BCUT2D eigenvalue weighted by Crippen LogP contribution is 2.21. The lowest BCUT2D eigenvalue weighted by atomic mass is 10.2. The number of oxazole rings is 1. The van der Waals surface area contributed by atoms with Gasteiger partial charge in [-0.15, -0.1) is 0 Å². The molecule has 0 radical (unpaired) electrons. The summed E-state index contributed by atoms with van der Waals surface area (Å²) in [6, 6.07) is 6.92. The van der Waals surface area contributed by atoms with Crippen LogP contribution < -0.4 is 5.56 Å². The van der Waals surface area contributed by atoms with Crippen molar-refractivity contribution in [3.05, 3.63) is 75.4 Å². The quantitative estimate of drug-likeness (QED) is 0.732. The molecule has 1 aromatic carbocycles. The Hall–Kier alpha value is -2.93. The highest BCUT2D eigenvalue weighted by Gasteiger charge is 2.12. The number of aromatic amines is 1. The number of hydrogen-bond donors (Lipinski definition) is 1. The van der Waals surface area contributed by atoms with Gasteiger partial charge >= 0.3 is 5.97 Å². The molecule has 0 atom stereocenters. The number of hydrogen-bond acceptors (Lipinski definition) is 5. The zero-order valence-corrected chi connectivity index (χ0v) is 12.8. The fourth-order valence-electron chi connectivity index (χ4n) is 1.91. The predicted octanol–water partition coefficient (Wildman–Crippen LogP) is 3.18. The Morgan fingerprint density at radius 1 is 1.33 bits per heavy atom. The molecule has 0 bridgehead atoms. The first-order valence-corrected chi connectivity index (χ1v) is 7.17. The number of pyridine rings is 1. The molecule has 24 heavy (non-hydrogen) atoms. The number of esters is 1. The zero-order chi connectivity index (χ0) is 17.1. The first kappa shape index (κ1) is 15.9. The van der Waals surface area contributed by atoms with Gasteiger partial charge in [0.2, 0.25) is 5.89 Å². The molecular weight excluding hydrogens is 339 g/mol. The van der Waals surface area contributed by atoms with Crippen molar-refractivity contribution in [2.45, 2.75) is 6.61 Å². The zero-order valence-electron chi connectivity index (χ0n) is 12.1. The van der Waals surface area contributed by atoms with Gasteiger partial charge in [0.05, 0.1) is 11.8 Å². The molecule has 3 rings (SSSR count). The number of carbonyl (C=O) groups excluding carboxylic acids is 1. The Kier molecular flexibility index (Phi) is 4.43. The number of nitrogens with zero attached hydrogens (tertiary/aromatic N) is 1. The van der Waals surface area contributed by atoms with Crippen molar-refractivity contribution in [2.75, 3.05) is 0 Å². The van der Waals surface area contributed by atoms with Gasteiger partial charge in [0.1, 0.15) is 10.8 Å². The van der Waals surface area contributed by atoms with Gasteiger partial charge in [0.15, 0.2) is 12.4 Å². The van der Waals surface area contributed by atoms with Crippen LogP contribution in [0.1, 0.15) is 16.2 Å². The first-order chi connectivity index (χ1) is 11.5. The molecule has 0 amide bonds. The largest absolute Gasteiger partial charge is 0.452 e. The Labute approximate surface area is 139 Å². The van der Waals surface area contributed by atoms with Crippen LogP contribution in [0.4, 0.5) is 4.39 Å². The average molecular weight is 349 g/mol. The maximum atomic E-state index is 12.9. The van der Waals surface area contributed by atoms with Crippen molar-refractivity contribution in [3.63, 3.8) is 0 Å². The van der Waals surface area contributed by atoms with Crippen LogP contribution >= 0.6 is 11.6 Å². The second-order valence-electron chi connectivity index (χ2n) is 4.77. The molecule has 6 nitrogen and oxygen atoms in total. The van der Waals surface area contributed by atoms with Crippen LogP contribution in [0.3, 0.4) is 0 Å². The van der Waals surface area contributed by atoms with Crippen molar-refractivity contribution in [1.82, 2.24) is 9.97 Å². The smallest absolute Gasteiger partial charge is 0.340 e. The lowest BCUT2D eigenvalue weighted by Crippen LogP contribution is -2.11. The van der Waals surface area contributed by atoms with E-state index in [0.29, 0.717) is 11.3 Å². The van der Waals surface area contributed by atoms with E-state index in [-0.39, 0.29) is 28.9 Å². The molecular formula is C16H10ClFN2O4. The predicted molar refractivity (Wildman–Crippen MR) is 83.1 cm³/mol. The van der Waals surface area contributed by atoms with Gasteiger partial charge in [0, 0.05) is 11.8 Å². The highest BCUT2D eigenvalue weighted by molar-refractivity contribution is 6.30. The third-order valence-corrected chi connectivity index (χ3v) is 3.38. The van der Waals surface area contributed by atoms with Crippen molar-refractivity contribution in [2.24, 2.45) is 0 Å². The summed E-state index contributed by atoms with van der Waals surface area (Å²) in [5.74, 6) is -0.437. The molecule has 1 N–H and O–H groups in total. The van der Waals surface area contributed by atoms with Crippen LogP contribution in [-0.4, -0.2) is 15.9 Å². The molecule has 3 aromatic rings. The fraction of sp³-hybridized carbons (Fsp3) is 0.0625. The number of carbonyl (C=O) groups is 1. The minimum atomic E-state index is -0.685. The second-order valence-corrected chi connectivity index (χ2v) is 5.17. The van der Waals surface area contributed by atoms with Crippen molar-refractivity contribution in [1.29, 1.82) is 0 Å². The number of halogens is 2. The fourth-order valence-corrected chi connectivity index (χ4v) is 2.08. The molecule has 8 heteroatoms. The number of benzene rings is 1. The minimum Gasteiger partial charge on any atom is -0.452 e. The molecule has 0 saturated heterocycles. The third kappa shape index (κ3) is 3.52. The van der Waals surface area contributed by atoms with E-state index in [1.54, 1.807) is 12.1 Å². The molecule has 0 saturated carbocycles. The van der Waals surface area contributed by atoms with E-state index in [4.69, 9.17) is 20.8 Å². The number of ether oxygens (including phenoxy) is 1. The number of H-pyrrole nitrogens is 1. The van der Waals surface area contributed by atoms with Gasteiger partial charge in [-0.05, 0) is 30.3 Å². The Balaban J connectivity index is 1.66. The van der Waals surface area contributed by atoms with E-state index in [1.807, 2.05) is 0 Å². The van der Waals surface area contributed by atoms with Crippen molar-refractivity contribution < 1.29 is 18.3 Å². The number of rotatable bonds is 4. The van der Waals surface area contributed by atoms with E-state index < -0.39 is 11.5 Å². The van der Waals surface area contributed by atoms with Crippen molar-refractivity contribution in [3.8, 4) is 11.3 Å². The maximum absolute atomic E-state index is 12.9. The summed E-state index contributed by atoms with van der Waals surface area (Å²) < 4.78 is 23.4. The normalized spacial score (nSPS) is 10.6. The monoisotopic (exact) mass is 348 g/mol. The van der Waals surface area contributed by atoms with Crippen LogP contribution in [0.15, 0.2) is 51.9 Å². The minimum absolute atomic E-state index is 0.102. The van der Waals surface area contributed by atoms with Gasteiger partial charge in [0.25, 0.3) is 5.56 Å². The van der Waals surface area contributed by atoms with Gasteiger partial charge in [-0.25, -0.2) is 14.2 Å². The molecule has 2 aromatic heterocycles. The third-order valence-electron chi connectivity index (χ3n) is 3.10.